The molecule has 1 fully saturated rings. The third kappa shape index (κ3) is 3.00. The average molecular weight is 346 g/mol. The molecule has 1 N–H and O–H groups in total. The second-order valence-corrected chi connectivity index (χ2v) is 5.50. The fourth-order valence-electron chi connectivity index (χ4n) is 2.12. The Labute approximate surface area is 116 Å². The quantitative estimate of drug-likeness (QED) is 0.837. The monoisotopic (exact) mass is 346 g/mol. The molecule has 0 aromatic carbocycles. The molecular weight excluding hydrogens is 327 g/mol. The fourth-order valence-corrected chi connectivity index (χ4v) is 2.63. The lowest BCUT2D eigenvalue weighted by molar-refractivity contribution is 0.726. The van der Waals surface area contributed by atoms with Gasteiger partial charge in [-0.2, -0.15) is 4.98 Å². The molecule has 17 heavy (non-hydrogen) atoms. The van der Waals surface area contributed by atoms with Gasteiger partial charge in [0.05, 0.1) is 9.26 Å². The average Bonchev–Trinajstić information content (AvgIpc) is 2.61. The van der Waals surface area contributed by atoms with Gasteiger partial charge in [0, 0.05) is 20.1 Å². The van der Waals surface area contributed by atoms with Crippen LogP contribution in [0.4, 0.5) is 11.8 Å². The number of anilines is 2. The van der Waals surface area contributed by atoms with Crippen molar-refractivity contribution in [1.82, 2.24) is 9.97 Å². The van der Waals surface area contributed by atoms with Crippen LogP contribution in [0, 0.1) is 10.5 Å². The Hall–Kier alpha value is -0.590. The van der Waals surface area contributed by atoms with Crippen molar-refractivity contribution in [1.29, 1.82) is 0 Å². The maximum absolute atomic E-state index is 4.61. The molecule has 2 heterocycles. The van der Waals surface area contributed by atoms with E-state index in [1.165, 1.54) is 25.7 Å². The highest BCUT2D eigenvalue weighted by Crippen LogP contribution is 2.23. The molecule has 0 saturated carbocycles. The van der Waals surface area contributed by atoms with Gasteiger partial charge >= 0.3 is 0 Å². The van der Waals surface area contributed by atoms with Gasteiger partial charge in [-0.15, -0.1) is 0 Å². The lowest BCUT2D eigenvalue weighted by Crippen LogP contribution is -2.26. The summed E-state index contributed by atoms with van der Waals surface area (Å²) < 4.78 is 1.11. The van der Waals surface area contributed by atoms with Crippen molar-refractivity contribution in [3.05, 3.63) is 9.26 Å². The Bertz CT molecular complexity index is 386. The Morgan fingerprint density at radius 1 is 1.12 bits per heavy atom. The van der Waals surface area contributed by atoms with Gasteiger partial charge < -0.3 is 10.2 Å². The third-order valence-electron chi connectivity index (χ3n) is 3.13. The van der Waals surface area contributed by atoms with Crippen LogP contribution >= 0.6 is 22.6 Å². The normalized spacial score (nSPS) is 16.8. The van der Waals surface area contributed by atoms with Crippen LogP contribution in [-0.2, 0) is 0 Å². The summed E-state index contributed by atoms with van der Waals surface area (Å²) in [7, 11) is 1.91. The molecule has 0 spiro atoms. The molecule has 94 valence electrons. The molecule has 1 aromatic rings. The van der Waals surface area contributed by atoms with Crippen LogP contribution in [0.2, 0.25) is 0 Å². The minimum absolute atomic E-state index is 0.883. The van der Waals surface area contributed by atoms with E-state index in [0.717, 1.165) is 34.1 Å². The van der Waals surface area contributed by atoms with Crippen molar-refractivity contribution in [2.75, 3.05) is 30.4 Å². The van der Waals surface area contributed by atoms with Crippen LogP contribution in [0.15, 0.2) is 0 Å². The Balaban J connectivity index is 2.27. The topological polar surface area (TPSA) is 41.1 Å². The molecule has 0 aliphatic carbocycles. The van der Waals surface area contributed by atoms with E-state index in [1.54, 1.807) is 0 Å². The molecular formula is C12H19IN4. The summed E-state index contributed by atoms with van der Waals surface area (Å²) in [5.41, 5.74) is 1.06. The van der Waals surface area contributed by atoms with Crippen molar-refractivity contribution in [2.45, 2.75) is 32.6 Å². The van der Waals surface area contributed by atoms with E-state index >= 15 is 0 Å². The molecule has 4 nitrogen and oxygen atoms in total. The molecule has 1 aliphatic heterocycles. The molecule has 1 aliphatic rings. The first kappa shape index (κ1) is 12.9. The second kappa shape index (κ2) is 5.84. The van der Waals surface area contributed by atoms with Crippen LogP contribution in [0.1, 0.15) is 31.4 Å². The predicted molar refractivity (Wildman–Crippen MR) is 79.7 cm³/mol. The Morgan fingerprint density at radius 3 is 2.35 bits per heavy atom. The van der Waals surface area contributed by atoms with E-state index in [4.69, 9.17) is 0 Å². The summed E-state index contributed by atoms with van der Waals surface area (Å²) in [5, 5.41) is 3.15. The van der Waals surface area contributed by atoms with E-state index in [1.807, 2.05) is 14.0 Å². The number of hydrogen-bond acceptors (Lipinski definition) is 4. The van der Waals surface area contributed by atoms with E-state index < -0.39 is 0 Å². The van der Waals surface area contributed by atoms with E-state index in [0.29, 0.717) is 0 Å². The van der Waals surface area contributed by atoms with Crippen molar-refractivity contribution >= 4 is 34.4 Å². The lowest BCUT2D eigenvalue weighted by atomic mass is 10.2. The number of halogens is 1. The highest BCUT2D eigenvalue weighted by Gasteiger charge is 2.15. The molecule has 1 saturated heterocycles. The number of rotatable bonds is 2. The molecule has 0 bridgehead atoms. The van der Waals surface area contributed by atoms with E-state index in [-0.39, 0.29) is 0 Å². The van der Waals surface area contributed by atoms with E-state index in [2.05, 4.69) is 42.8 Å². The van der Waals surface area contributed by atoms with Crippen LogP contribution in [0.3, 0.4) is 0 Å². The highest BCUT2D eigenvalue weighted by atomic mass is 127. The molecule has 2 rings (SSSR count). The van der Waals surface area contributed by atoms with Crippen molar-refractivity contribution in [2.24, 2.45) is 0 Å². The zero-order chi connectivity index (χ0) is 12.3. The first-order chi connectivity index (χ1) is 8.22. The van der Waals surface area contributed by atoms with Crippen LogP contribution in [0.5, 0.6) is 0 Å². The Morgan fingerprint density at radius 2 is 1.76 bits per heavy atom. The predicted octanol–water partition coefficient (Wildman–Crippen LogP) is 2.81. The van der Waals surface area contributed by atoms with Gasteiger partial charge in [0.15, 0.2) is 0 Å². The Kier molecular flexibility index (Phi) is 4.42. The van der Waals surface area contributed by atoms with E-state index in [9.17, 15) is 0 Å². The highest BCUT2D eigenvalue weighted by molar-refractivity contribution is 14.1. The molecule has 5 heteroatoms. The zero-order valence-corrected chi connectivity index (χ0v) is 12.6. The third-order valence-corrected chi connectivity index (χ3v) is 4.42. The first-order valence-electron chi connectivity index (χ1n) is 6.19. The molecule has 0 unspecified atom stereocenters. The largest absolute Gasteiger partial charge is 0.372 e. The van der Waals surface area contributed by atoms with Crippen LogP contribution < -0.4 is 10.2 Å². The number of aromatic nitrogens is 2. The first-order valence-corrected chi connectivity index (χ1v) is 7.27. The summed E-state index contributed by atoms with van der Waals surface area (Å²) in [4.78, 5) is 11.5. The molecule has 1 aromatic heterocycles. The summed E-state index contributed by atoms with van der Waals surface area (Å²) in [5.74, 6) is 1.83. The van der Waals surface area contributed by atoms with Crippen molar-refractivity contribution < 1.29 is 0 Å². The van der Waals surface area contributed by atoms with Gasteiger partial charge in [-0.05, 0) is 42.4 Å². The number of aryl methyl sites for hydroxylation is 1. The summed E-state index contributed by atoms with van der Waals surface area (Å²) in [6.45, 7) is 4.22. The van der Waals surface area contributed by atoms with Gasteiger partial charge in [-0.3, -0.25) is 0 Å². The van der Waals surface area contributed by atoms with Gasteiger partial charge in [0.2, 0.25) is 5.95 Å². The van der Waals surface area contributed by atoms with Crippen molar-refractivity contribution in [3.8, 4) is 0 Å². The zero-order valence-electron chi connectivity index (χ0n) is 10.5. The molecule has 0 atom stereocenters. The van der Waals surface area contributed by atoms with Gasteiger partial charge in [0.25, 0.3) is 0 Å². The molecule has 0 radical (unpaired) electrons. The number of hydrogen-bond donors (Lipinski definition) is 1. The van der Waals surface area contributed by atoms with Crippen LogP contribution in [-0.4, -0.2) is 30.1 Å². The SMILES string of the molecule is CNc1nc(N2CCCCCC2)nc(C)c1I. The second-order valence-electron chi connectivity index (χ2n) is 4.42. The fraction of sp³-hybridized carbons (Fsp3) is 0.667. The number of nitrogens with one attached hydrogen (secondary N) is 1. The standard InChI is InChI=1S/C12H19IN4/c1-9-10(13)11(14-2)16-12(15-9)17-7-5-3-4-6-8-17/h3-8H2,1-2H3,(H,14,15,16). The minimum atomic E-state index is 0.883. The number of nitrogens with zero attached hydrogens (tertiary/aromatic N) is 3. The maximum Gasteiger partial charge on any atom is 0.227 e. The lowest BCUT2D eigenvalue weighted by Gasteiger charge is -2.21. The smallest absolute Gasteiger partial charge is 0.227 e. The van der Waals surface area contributed by atoms with Crippen LogP contribution in [0.25, 0.3) is 0 Å². The molecule has 0 amide bonds. The summed E-state index contributed by atoms with van der Waals surface area (Å²) >= 11 is 2.29. The van der Waals surface area contributed by atoms with Gasteiger partial charge in [-0.1, -0.05) is 12.8 Å². The summed E-state index contributed by atoms with van der Waals surface area (Å²) in [6.07, 6.45) is 5.17. The van der Waals surface area contributed by atoms with Gasteiger partial charge in [0.1, 0.15) is 5.82 Å². The van der Waals surface area contributed by atoms with Crippen molar-refractivity contribution in [3.63, 3.8) is 0 Å². The minimum Gasteiger partial charge on any atom is -0.372 e. The maximum atomic E-state index is 4.61. The van der Waals surface area contributed by atoms with Gasteiger partial charge in [-0.25, -0.2) is 4.98 Å². The summed E-state index contributed by atoms with van der Waals surface area (Å²) in [6, 6.07) is 0.